The van der Waals surface area contributed by atoms with Gasteiger partial charge in [-0.05, 0) is 13.1 Å². The molecule has 0 aromatic rings. The maximum atomic E-state index is 11.8. The van der Waals surface area contributed by atoms with E-state index in [1.54, 1.807) is 0 Å². The molecule has 0 aliphatic carbocycles. The van der Waals surface area contributed by atoms with Crippen LogP contribution in [0.3, 0.4) is 0 Å². The average molecular weight is 260 g/mol. The van der Waals surface area contributed by atoms with Crippen molar-refractivity contribution in [2.45, 2.75) is 19.4 Å². The predicted molar refractivity (Wildman–Crippen MR) is 63.8 cm³/mol. The van der Waals surface area contributed by atoms with E-state index in [2.05, 4.69) is 14.8 Å². The van der Waals surface area contributed by atoms with Crippen molar-refractivity contribution in [2.75, 3.05) is 33.9 Å². The molecule has 0 saturated carbocycles. The Morgan fingerprint density at radius 2 is 1.61 bits per heavy atom. The lowest BCUT2D eigenvalue weighted by atomic mass is 9.99. The molecule has 0 rings (SSSR count). The summed E-state index contributed by atoms with van der Waals surface area (Å²) in [7, 11) is 2.30. The molecule has 0 heterocycles. The van der Waals surface area contributed by atoms with Crippen molar-refractivity contribution in [3.63, 3.8) is 0 Å². The number of amides is 1. The van der Waals surface area contributed by atoms with Gasteiger partial charge in [0, 0.05) is 6.54 Å². The topological polar surface area (TPSA) is 84.9 Å². The number of carbonyl (C=O) groups is 3. The Morgan fingerprint density at radius 3 is 1.89 bits per heavy atom. The van der Waals surface area contributed by atoms with Crippen LogP contribution in [-0.4, -0.2) is 62.6 Å². The number of ether oxygens (including phenoxy) is 2. The summed E-state index contributed by atoms with van der Waals surface area (Å²) < 4.78 is 9.19. The molecule has 0 fully saturated rings. The van der Waals surface area contributed by atoms with Crippen LogP contribution in [0.2, 0.25) is 0 Å². The molecular formula is C11H20N2O5. The standard InChI is InChI=1S/C11H20N2O5/c1-5-13(6-2)7-11(12-8-14,9(15)17-3)10(16)18-4/h8H,5-7H2,1-4H3,(H,12,14). The smallest absolute Gasteiger partial charge is 0.344 e. The Hall–Kier alpha value is -1.63. The zero-order valence-corrected chi connectivity index (χ0v) is 11.2. The van der Waals surface area contributed by atoms with E-state index in [4.69, 9.17) is 0 Å². The number of hydrogen-bond donors (Lipinski definition) is 1. The average Bonchev–Trinajstić information content (AvgIpc) is 2.41. The number of esters is 2. The first-order valence-electron chi connectivity index (χ1n) is 5.62. The molecule has 0 saturated heterocycles. The van der Waals surface area contributed by atoms with Crippen molar-refractivity contribution in [3.05, 3.63) is 0 Å². The summed E-state index contributed by atoms with van der Waals surface area (Å²) in [4.78, 5) is 36.1. The van der Waals surface area contributed by atoms with E-state index in [0.717, 1.165) is 14.2 Å². The van der Waals surface area contributed by atoms with Crippen LogP contribution in [0.1, 0.15) is 13.8 Å². The van der Waals surface area contributed by atoms with E-state index in [-0.39, 0.29) is 13.0 Å². The van der Waals surface area contributed by atoms with E-state index >= 15 is 0 Å². The number of nitrogens with zero attached hydrogens (tertiary/aromatic N) is 1. The maximum Gasteiger partial charge on any atom is 0.344 e. The van der Waals surface area contributed by atoms with Crippen molar-refractivity contribution < 1.29 is 23.9 Å². The molecule has 0 unspecified atom stereocenters. The number of nitrogens with one attached hydrogen (secondary N) is 1. The summed E-state index contributed by atoms with van der Waals surface area (Å²) in [6.07, 6.45) is 0.289. The lowest BCUT2D eigenvalue weighted by Gasteiger charge is -2.32. The highest BCUT2D eigenvalue weighted by Gasteiger charge is 2.49. The van der Waals surface area contributed by atoms with Crippen molar-refractivity contribution in [1.29, 1.82) is 0 Å². The second-order valence-corrected chi connectivity index (χ2v) is 3.61. The minimum Gasteiger partial charge on any atom is -0.467 e. The zero-order chi connectivity index (χ0) is 14.2. The number of rotatable bonds is 8. The van der Waals surface area contributed by atoms with Gasteiger partial charge in [0.15, 0.2) is 0 Å². The summed E-state index contributed by atoms with van der Waals surface area (Å²) in [5.41, 5.74) is -1.82. The van der Waals surface area contributed by atoms with Gasteiger partial charge >= 0.3 is 11.9 Å². The highest BCUT2D eigenvalue weighted by atomic mass is 16.5. The number of likely N-dealkylation sites (N-methyl/N-ethyl adjacent to an activating group) is 1. The van der Waals surface area contributed by atoms with Gasteiger partial charge in [-0.15, -0.1) is 0 Å². The third kappa shape index (κ3) is 3.43. The van der Waals surface area contributed by atoms with Crippen LogP contribution < -0.4 is 5.32 Å². The summed E-state index contributed by atoms with van der Waals surface area (Å²) in [5, 5.41) is 2.23. The van der Waals surface area contributed by atoms with Crippen molar-refractivity contribution in [3.8, 4) is 0 Å². The Morgan fingerprint density at radius 1 is 1.17 bits per heavy atom. The Balaban J connectivity index is 5.37. The van der Waals surface area contributed by atoms with E-state index in [1.165, 1.54) is 0 Å². The van der Waals surface area contributed by atoms with Gasteiger partial charge in [-0.25, -0.2) is 9.59 Å². The fourth-order valence-corrected chi connectivity index (χ4v) is 1.61. The molecular weight excluding hydrogens is 240 g/mol. The third-order valence-corrected chi connectivity index (χ3v) is 2.73. The number of carbonyl (C=O) groups excluding carboxylic acids is 3. The number of hydrogen-bond acceptors (Lipinski definition) is 6. The Kier molecular flexibility index (Phi) is 6.96. The van der Waals surface area contributed by atoms with Crippen LogP contribution in [0.4, 0.5) is 0 Å². The Bertz CT molecular complexity index is 286. The van der Waals surface area contributed by atoms with Crippen LogP contribution >= 0.6 is 0 Å². The molecule has 0 aliphatic rings. The van der Waals surface area contributed by atoms with E-state index < -0.39 is 17.5 Å². The molecule has 0 bridgehead atoms. The molecule has 0 atom stereocenters. The Labute approximate surface area is 106 Å². The first kappa shape index (κ1) is 16.4. The molecule has 0 aliphatic heterocycles. The monoisotopic (exact) mass is 260 g/mol. The van der Waals surface area contributed by atoms with Gasteiger partial charge in [0.1, 0.15) is 0 Å². The second-order valence-electron chi connectivity index (χ2n) is 3.61. The number of methoxy groups -OCH3 is 2. The van der Waals surface area contributed by atoms with Crippen molar-refractivity contribution in [2.24, 2.45) is 0 Å². The minimum atomic E-state index is -1.82. The molecule has 0 spiro atoms. The van der Waals surface area contributed by atoms with Crippen molar-refractivity contribution in [1.82, 2.24) is 10.2 Å². The van der Waals surface area contributed by atoms with Gasteiger partial charge in [-0.1, -0.05) is 13.8 Å². The lowest BCUT2D eigenvalue weighted by molar-refractivity contribution is -0.165. The molecule has 104 valence electrons. The minimum absolute atomic E-state index is 0.00190. The summed E-state index contributed by atoms with van der Waals surface area (Å²) in [6, 6.07) is 0. The molecule has 1 N–H and O–H groups in total. The highest BCUT2D eigenvalue weighted by molar-refractivity contribution is 6.06. The quantitative estimate of drug-likeness (QED) is 0.348. The predicted octanol–water partition coefficient (Wildman–Crippen LogP) is -0.841. The first-order chi connectivity index (χ1) is 8.52. The summed E-state index contributed by atoms with van der Waals surface area (Å²) in [6.45, 7) is 4.99. The largest absolute Gasteiger partial charge is 0.467 e. The fraction of sp³-hybridized carbons (Fsp3) is 0.727. The van der Waals surface area contributed by atoms with E-state index in [0.29, 0.717) is 13.1 Å². The van der Waals surface area contributed by atoms with Crippen LogP contribution in [0.15, 0.2) is 0 Å². The SMILES string of the molecule is CCN(CC)CC(NC=O)(C(=O)OC)C(=O)OC. The van der Waals surface area contributed by atoms with E-state index in [9.17, 15) is 14.4 Å². The van der Waals surface area contributed by atoms with Crippen LogP contribution in [0.25, 0.3) is 0 Å². The zero-order valence-electron chi connectivity index (χ0n) is 11.2. The molecule has 18 heavy (non-hydrogen) atoms. The van der Waals surface area contributed by atoms with Gasteiger partial charge in [-0.2, -0.15) is 0 Å². The second kappa shape index (κ2) is 7.65. The highest BCUT2D eigenvalue weighted by Crippen LogP contribution is 2.12. The van der Waals surface area contributed by atoms with Crippen molar-refractivity contribution >= 4 is 18.3 Å². The molecule has 7 heteroatoms. The third-order valence-electron chi connectivity index (χ3n) is 2.73. The maximum absolute atomic E-state index is 11.8. The fourth-order valence-electron chi connectivity index (χ4n) is 1.61. The van der Waals surface area contributed by atoms with Gasteiger partial charge in [-0.3, -0.25) is 4.79 Å². The molecule has 7 nitrogen and oxygen atoms in total. The van der Waals surface area contributed by atoms with Gasteiger partial charge in [0.25, 0.3) is 0 Å². The lowest BCUT2D eigenvalue weighted by Crippen LogP contribution is -2.64. The summed E-state index contributed by atoms with van der Waals surface area (Å²) >= 11 is 0. The van der Waals surface area contributed by atoms with Gasteiger partial charge < -0.3 is 19.7 Å². The first-order valence-corrected chi connectivity index (χ1v) is 5.62. The van der Waals surface area contributed by atoms with Gasteiger partial charge in [0.05, 0.1) is 14.2 Å². The molecule has 0 radical (unpaired) electrons. The van der Waals surface area contributed by atoms with Crippen LogP contribution in [-0.2, 0) is 23.9 Å². The van der Waals surface area contributed by atoms with E-state index in [1.807, 2.05) is 18.7 Å². The molecule has 0 aromatic carbocycles. The summed E-state index contributed by atoms with van der Waals surface area (Å²) in [5.74, 6) is -1.71. The van der Waals surface area contributed by atoms with Crippen LogP contribution in [0, 0.1) is 0 Å². The molecule has 0 aromatic heterocycles. The van der Waals surface area contributed by atoms with Crippen LogP contribution in [0.5, 0.6) is 0 Å². The molecule has 1 amide bonds. The van der Waals surface area contributed by atoms with Gasteiger partial charge in [0.2, 0.25) is 11.9 Å². The normalized spacial score (nSPS) is 10.9.